The molecule has 2 rings (SSSR count). The van der Waals surface area contributed by atoms with Crippen molar-refractivity contribution in [3.8, 4) is 0 Å². The van der Waals surface area contributed by atoms with Crippen molar-refractivity contribution in [3.63, 3.8) is 0 Å². The molecule has 0 aliphatic carbocycles. The lowest BCUT2D eigenvalue weighted by Crippen LogP contribution is -2.30. The van der Waals surface area contributed by atoms with Gasteiger partial charge in [0.15, 0.2) is 0 Å². The Balaban J connectivity index is 1.92. The molecule has 6 nitrogen and oxygen atoms in total. The van der Waals surface area contributed by atoms with Crippen LogP contribution >= 0.6 is 11.8 Å². The van der Waals surface area contributed by atoms with Crippen molar-refractivity contribution in [2.75, 3.05) is 5.32 Å². The molecule has 25 heavy (non-hydrogen) atoms. The molecule has 0 fully saturated rings. The van der Waals surface area contributed by atoms with Gasteiger partial charge in [-0.3, -0.25) is 4.79 Å². The third-order valence-electron chi connectivity index (χ3n) is 3.25. The summed E-state index contributed by atoms with van der Waals surface area (Å²) in [6.07, 6.45) is 1.60. The highest BCUT2D eigenvalue weighted by Crippen LogP contribution is 2.20. The minimum Gasteiger partial charge on any atom is -0.468 e. The predicted molar refractivity (Wildman–Crippen MR) is 100.0 cm³/mol. The van der Waals surface area contributed by atoms with Crippen LogP contribution < -0.4 is 10.0 Å². The number of carbonyl (C=O) groups excluding carboxylic acids is 1. The molecular weight excluding hydrogens is 360 g/mol. The molecule has 0 aliphatic heterocycles. The molecule has 1 heterocycles. The van der Waals surface area contributed by atoms with Gasteiger partial charge in [-0.05, 0) is 57.2 Å². The Morgan fingerprint density at radius 3 is 2.40 bits per heavy atom. The van der Waals surface area contributed by atoms with E-state index in [4.69, 9.17) is 4.42 Å². The van der Waals surface area contributed by atoms with Gasteiger partial charge < -0.3 is 9.73 Å². The van der Waals surface area contributed by atoms with Crippen molar-refractivity contribution >= 4 is 33.4 Å². The van der Waals surface area contributed by atoms with Crippen molar-refractivity contribution in [1.29, 1.82) is 0 Å². The highest BCUT2D eigenvalue weighted by Gasteiger charge is 2.17. The molecule has 8 heteroatoms. The number of benzene rings is 1. The van der Waals surface area contributed by atoms with E-state index in [2.05, 4.69) is 10.0 Å². The Hall–Kier alpha value is -1.77. The predicted octanol–water partition coefficient (Wildman–Crippen LogP) is 3.23. The maximum Gasteiger partial charge on any atom is 0.240 e. The summed E-state index contributed by atoms with van der Waals surface area (Å²) in [5, 5.41) is 2.52. The Bertz CT molecular complexity index is 785. The summed E-state index contributed by atoms with van der Waals surface area (Å²) in [6, 6.07) is 9.60. The Kier molecular flexibility index (Phi) is 6.69. The van der Waals surface area contributed by atoms with Gasteiger partial charge >= 0.3 is 0 Å². The molecule has 136 valence electrons. The summed E-state index contributed by atoms with van der Waals surface area (Å²) in [7, 11) is -3.53. The SMILES string of the molecule is CC(C)NS(=O)(=O)c1ccc(NC(=O)C(C)SCc2ccco2)cc1. The van der Waals surface area contributed by atoms with Crippen LogP contribution in [0.4, 0.5) is 5.69 Å². The van der Waals surface area contributed by atoms with Crippen LogP contribution in [0.5, 0.6) is 0 Å². The fourth-order valence-electron chi connectivity index (χ4n) is 2.02. The Morgan fingerprint density at radius 1 is 1.16 bits per heavy atom. The zero-order chi connectivity index (χ0) is 18.4. The lowest BCUT2D eigenvalue weighted by atomic mass is 10.3. The molecule has 1 aromatic carbocycles. The van der Waals surface area contributed by atoms with Crippen LogP contribution in [-0.4, -0.2) is 25.6 Å². The number of rotatable bonds is 8. The van der Waals surface area contributed by atoms with Crippen molar-refractivity contribution in [1.82, 2.24) is 4.72 Å². The Labute approximate surface area is 152 Å². The van der Waals surface area contributed by atoms with Crippen molar-refractivity contribution in [3.05, 3.63) is 48.4 Å². The van der Waals surface area contributed by atoms with Crippen LogP contribution in [0, 0.1) is 0 Å². The fraction of sp³-hybridized carbons (Fsp3) is 0.353. The maximum atomic E-state index is 12.2. The molecule has 0 saturated carbocycles. The molecule has 1 aromatic heterocycles. The van der Waals surface area contributed by atoms with Crippen LogP contribution in [0.15, 0.2) is 52.0 Å². The number of thioether (sulfide) groups is 1. The quantitative estimate of drug-likeness (QED) is 0.732. The monoisotopic (exact) mass is 382 g/mol. The van der Waals surface area contributed by atoms with Crippen LogP contribution in [0.2, 0.25) is 0 Å². The molecule has 0 aliphatic rings. The van der Waals surface area contributed by atoms with Crippen molar-refractivity contribution in [2.24, 2.45) is 0 Å². The molecule has 0 radical (unpaired) electrons. The van der Waals surface area contributed by atoms with E-state index in [-0.39, 0.29) is 22.1 Å². The second-order valence-corrected chi connectivity index (χ2v) is 8.87. The third-order valence-corrected chi connectivity index (χ3v) is 6.09. The number of hydrogen-bond donors (Lipinski definition) is 2. The number of furan rings is 1. The van der Waals surface area contributed by atoms with E-state index in [1.54, 1.807) is 32.2 Å². The summed E-state index contributed by atoms with van der Waals surface area (Å²) < 4.78 is 31.9. The van der Waals surface area contributed by atoms with Crippen LogP contribution in [0.3, 0.4) is 0 Å². The molecule has 0 saturated heterocycles. The first-order valence-corrected chi connectivity index (χ1v) is 10.4. The van der Waals surface area contributed by atoms with E-state index in [9.17, 15) is 13.2 Å². The zero-order valence-corrected chi connectivity index (χ0v) is 16.0. The number of hydrogen-bond acceptors (Lipinski definition) is 5. The second kappa shape index (κ2) is 8.55. The van der Waals surface area contributed by atoms with Gasteiger partial charge in [0, 0.05) is 11.7 Å². The summed E-state index contributed by atoms with van der Waals surface area (Å²) in [6.45, 7) is 5.33. The molecule has 1 atom stereocenters. The van der Waals surface area contributed by atoms with Crippen LogP contribution in [-0.2, 0) is 20.6 Å². The Morgan fingerprint density at radius 2 is 1.84 bits per heavy atom. The standard InChI is InChI=1S/C17H22N2O4S2/c1-12(2)19-25(21,22)16-8-6-14(7-9-16)18-17(20)13(3)24-11-15-5-4-10-23-15/h4-10,12-13,19H,11H2,1-3H3,(H,18,20). The number of nitrogens with one attached hydrogen (secondary N) is 2. The number of sulfonamides is 1. The topological polar surface area (TPSA) is 88.4 Å². The number of anilines is 1. The zero-order valence-electron chi connectivity index (χ0n) is 14.4. The molecule has 2 N–H and O–H groups in total. The molecule has 1 unspecified atom stereocenters. The van der Waals surface area contributed by atoms with E-state index in [1.807, 2.05) is 19.1 Å². The van der Waals surface area contributed by atoms with Gasteiger partial charge in [-0.2, -0.15) is 0 Å². The molecule has 0 spiro atoms. The van der Waals surface area contributed by atoms with E-state index in [1.165, 1.54) is 23.9 Å². The minimum atomic E-state index is -3.53. The van der Waals surface area contributed by atoms with Gasteiger partial charge in [0.2, 0.25) is 15.9 Å². The normalized spacial score (nSPS) is 13.0. The molecule has 0 bridgehead atoms. The van der Waals surface area contributed by atoms with Gasteiger partial charge in [-0.1, -0.05) is 0 Å². The smallest absolute Gasteiger partial charge is 0.240 e. The average Bonchev–Trinajstić information content (AvgIpc) is 3.05. The highest BCUT2D eigenvalue weighted by atomic mass is 32.2. The summed E-state index contributed by atoms with van der Waals surface area (Å²) >= 11 is 1.46. The fourth-order valence-corrected chi connectivity index (χ4v) is 4.06. The second-order valence-electron chi connectivity index (χ2n) is 5.82. The van der Waals surface area contributed by atoms with Gasteiger partial charge in [-0.15, -0.1) is 11.8 Å². The van der Waals surface area contributed by atoms with E-state index < -0.39 is 10.0 Å². The first kappa shape index (κ1) is 19.6. The number of carbonyl (C=O) groups is 1. The summed E-state index contributed by atoms with van der Waals surface area (Å²) in [4.78, 5) is 12.4. The summed E-state index contributed by atoms with van der Waals surface area (Å²) in [5.74, 6) is 1.28. The van der Waals surface area contributed by atoms with Gasteiger partial charge in [0.25, 0.3) is 0 Å². The lowest BCUT2D eigenvalue weighted by Gasteiger charge is -2.13. The first-order chi connectivity index (χ1) is 11.8. The van der Waals surface area contributed by atoms with Crippen LogP contribution in [0.1, 0.15) is 26.5 Å². The summed E-state index contributed by atoms with van der Waals surface area (Å²) in [5.41, 5.74) is 0.555. The molecular formula is C17H22N2O4S2. The minimum absolute atomic E-state index is 0.146. The highest BCUT2D eigenvalue weighted by molar-refractivity contribution is 7.99. The first-order valence-electron chi connectivity index (χ1n) is 7.85. The van der Waals surface area contributed by atoms with Crippen molar-refractivity contribution in [2.45, 2.75) is 42.7 Å². The molecule has 1 amide bonds. The van der Waals surface area contributed by atoms with Gasteiger partial charge in [0.05, 0.1) is 22.2 Å². The van der Waals surface area contributed by atoms with Gasteiger partial charge in [-0.25, -0.2) is 13.1 Å². The van der Waals surface area contributed by atoms with Crippen molar-refractivity contribution < 1.29 is 17.6 Å². The van der Waals surface area contributed by atoms with E-state index >= 15 is 0 Å². The largest absolute Gasteiger partial charge is 0.468 e. The average molecular weight is 383 g/mol. The molecule has 2 aromatic rings. The third kappa shape index (κ3) is 5.91. The number of amides is 1. The van der Waals surface area contributed by atoms with Crippen LogP contribution in [0.25, 0.3) is 0 Å². The van der Waals surface area contributed by atoms with Gasteiger partial charge in [0.1, 0.15) is 5.76 Å². The van der Waals surface area contributed by atoms with E-state index in [0.717, 1.165) is 5.76 Å². The van der Waals surface area contributed by atoms with E-state index in [0.29, 0.717) is 11.4 Å². The maximum absolute atomic E-state index is 12.2. The lowest BCUT2D eigenvalue weighted by molar-refractivity contribution is -0.115.